The van der Waals surface area contributed by atoms with E-state index in [-0.39, 0.29) is 0 Å². The topological polar surface area (TPSA) is 129 Å². The lowest BCUT2D eigenvalue weighted by Crippen LogP contribution is -2.09. The Balaban J connectivity index is 1.01. The van der Waals surface area contributed by atoms with Crippen molar-refractivity contribution in [3.8, 4) is 34.5 Å². The summed E-state index contributed by atoms with van der Waals surface area (Å²) in [7, 11) is -4.43. The molecular formula is C52H52O14P2S. The Morgan fingerprint density at radius 3 is 0.899 bits per heavy atom. The van der Waals surface area contributed by atoms with Crippen LogP contribution in [0.4, 0.5) is 0 Å². The normalized spacial score (nSPS) is 17.0. The largest absolute Gasteiger partial charge is 0.530 e. The summed E-state index contributed by atoms with van der Waals surface area (Å²) in [5.41, 5.74) is 6.65. The van der Waals surface area contributed by atoms with Crippen LogP contribution in [0.25, 0.3) is 0 Å². The zero-order chi connectivity index (χ0) is 47.1. The Morgan fingerprint density at radius 2 is 0.623 bits per heavy atom. The number of ether oxygens (including phenoxy) is 8. The van der Waals surface area contributed by atoms with E-state index in [0.29, 0.717) is 87.4 Å². The molecule has 4 fully saturated rings. The lowest BCUT2D eigenvalue weighted by atomic mass is 10.1. The van der Waals surface area contributed by atoms with Gasteiger partial charge >= 0.3 is 17.2 Å². The highest BCUT2D eigenvalue weighted by atomic mass is 32.2. The summed E-state index contributed by atoms with van der Waals surface area (Å²) in [6.07, 6.45) is -2.41. The number of benzene rings is 6. The Morgan fingerprint density at radius 1 is 0.362 bits per heavy atom. The van der Waals surface area contributed by atoms with Crippen LogP contribution in [-0.4, -0.2) is 52.9 Å². The standard InChI is InChI=1S/C52H52O14P2S/c1-33-29-35(3)47(65-67(61-41-17-9-5-13-37(41)49-53-21-22-54-49)62-42-18-10-6-14-38(42)50-55-23-24-56-50)45(31-33)69-46-32-34(2)30-36(4)48(46)66-68(63-43-19-11-7-15-39(43)51-57-25-26-58-51)64-44-20-12-8-16-40(44)52-59-27-28-60-52/h5-20,29-32,49-52H,21-28H2,1-4H3. The molecule has 4 heterocycles. The molecule has 6 aromatic carbocycles. The quantitative estimate of drug-likeness (QED) is 0.0757. The molecular weight excluding hydrogens is 943 g/mol. The highest BCUT2D eigenvalue weighted by molar-refractivity contribution is 7.99. The van der Waals surface area contributed by atoms with Gasteiger partial charge in [-0.05, 0) is 86.3 Å². The molecule has 4 aliphatic heterocycles. The molecule has 0 radical (unpaired) electrons. The molecule has 0 bridgehead atoms. The SMILES string of the molecule is Cc1cc(C)c(OP(Oc2ccccc2C2OCCO2)Oc2ccccc2C2OCCO2)c(Sc2cc(C)cc(C)c2OP(Oc2ccccc2C2OCCO2)Oc2ccccc2C2OCCO2)c1. The summed E-state index contributed by atoms with van der Waals surface area (Å²) in [5.74, 6) is 3.12. The van der Waals surface area contributed by atoms with E-state index in [0.717, 1.165) is 54.3 Å². The monoisotopic (exact) mass is 994 g/mol. The zero-order valence-electron chi connectivity index (χ0n) is 38.5. The second kappa shape index (κ2) is 22.4. The molecule has 17 heteroatoms. The third-order valence-electron chi connectivity index (χ3n) is 11.2. The van der Waals surface area contributed by atoms with Crippen LogP contribution < -0.4 is 27.1 Å². The fraction of sp³-hybridized carbons (Fsp3) is 0.308. The van der Waals surface area contributed by atoms with Gasteiger partial charge < -0.3 is 65.0 Å². The molecule has 0 atom stereocenters. The zero-order valence-corrected chi connectivity index (χ0v) is 41.1. The van der Waals surface area contributed by atoms with E-state index in [9.17, 15) is 0 Å². The van der Waals surface area contributed by atoms with Gasteiger partial charge in [0.05, 0.1) is 84.9 Å². The molecule has 6 aromatic rings. The van der Waals surface area contributed by atoms with E-state index in [4.69, 9.17) is 65.0 Å². The minimum absolute atomic E-state index is 0.471. The maximum absolute atomic E-state index is 7.01. The molecule has 360 valence electrons. The molecule has 0 N–H and O–H groups in total. The third kappa shape index (κ3) is 11.5. The average molecular weight is 995 g/mol. The van der Waals surface area contributed by atoms with E-state index < -0.39 is 42.4 Å². The van der Waals surface area contributed by atoms with Crippen molar-refractivity contribution in [3.63, 3.8) is 0 Å². The van der Waals surface area contributed by atoms with Crippen molar-refractivity contribution in [2.75, 3.05) is 52.9 Å². The summed E-state index contributed by atoms with van der Waals surface area (Å²) in [5, 5.41) is 0. The van der Waals surface area contributed by atoms with Crippen molar-refractivity contribution in [1.29, 1.82) is 0 Å². The minimum Gasteiger partial charge on any atom is -0.408 e. The minimum atomic E-state index is -2.22. The number of rotatable bonds is 18. The van der Waals surface area contributed by atoms with Gasteiger partial charge in [-0.15, -0.1) is 0 Å². The summed E-state index contributed by atoms with van der Waals surface area (Å²) in [6, 6.07) is 38.6. The molecule has 14 nitrogen and oxygen atoms in total. The predicted molar refractivity (Wildman–Crippen MR) is 258 cm³/mol. The second-order valence-electron chi connectivity index (χ2n) is 16.4. The van der Waals surface area contributed by atoms with Crippen LogP contribution >= 0.6 is 29.0 Å². The Bertz CT molecular complexity index is 2400. The first-order valence-electron chi connectivity index (χ1n) is 22.7. The van der Waals surface area contributed by atoms with Crippen molar-refractivity contribution in [1.82, 2.24) is 0 Å². The van der Waals surface area contributed by atoms with E-state index in [1.807, 2.05) is 111 Å². The van der Waals surface area contributed by atoms with E-state index in [2.05, 4.69) is 38.1 Å². The maximum Gasteiger partial charge on any atom is 0.530 e. The van der Waals surface area contributed by atoms with Crippen LogP contribution in [0.2, 0.25) is 0 Å². The van der Waals surface area contributed by atoms with Crippen LogP contribution in [0.3, 0.4) is 0 Å². The van der Waals surface area contributed by atoms with Gasteiger partial charge in [-0.1, -0.05) is 96.7 Å². The van der Waals surface area contributed by atoms with Gasteiger partial charge in [-0.2, -0.15) is 0 Å². The molecule has 0 amide bonds. The number of hydrogen-bond acceptors (Lipinski definition) is 15. The van der Waals surface area contributed by atoms with E-state index >= 15 is 0 Å². The first kappa shape index (κ1) is 47.7. The van der Waals surface area contributed by atoms with Crippen molar-refractivity contribution in [2.45, 2.75) is 62.6 Å². The Kier molecular flexibility index (Phi) is 15.5. The molecule has 0 aromatic heterocycles. The highest BCUT2D eigenvalue weighted by Crippen LogP contribution is 2.54. The van der Waals surface area contributed by atoms with Gasteiger partial charge in [-0.25, -0.2) is 0 Å². The molecule has 0 unspecified atom stereocenters. The summed E-state index contributed by atoms with van der Waals surface area (Å²) in [4.78, 5) is 1.59. The molecule has 10 rings (SSSR count). The molecule has 4 aliphatic rings. The molecule has 0 saturated carbocycles. The van der Waals surface area contributed by atoms with Crippen molar-refractivity contribution in [3.05, 3.63) is 166 Å². The number of para-hydroxylation sites is 4. The van der Waals surface area contributed by atoms with E-state index in [1.54, 1.807) is 0 Å². The second-order valence-corrected chi connectivity index (χ2v) is 19.4. The number of aryl methyl sites for hydroxylation is 4. The maximum atomic E-state index is 7.01. The van der Waals surface area contributed by atoms with Gasteiger partial charge in [0.15, 0.2) is 25.2 Å². The van der Waals surface area contributed by atoms with Gasteiger partial charge in [0, 0.05) is 0 Å². The van der Waals surface area contributed by atoms with Crippen molar-refractivity contribution in [2.24, 2.45) is 0 Å². The van der Waals surface area contributed by atoms with Crippen LogP contribution in [0.5, 0.6) is 34.5 Å². The average Bonchev–Trinajstić information content (AvgIpc) is 4.22. The Labute approximate surface area is 408 Å². The predicted octanol–water partition coefficient (Wildman–Crippen LogP) is 12.8. The molecule has 0 aliphatic carbocycles. The number of hydrogen-bond donors (Lipinski definition) is 0. The van der Waals surface area contributed by atoms with Crippen LogP contribution in [0.1, 0.15) is 69.7 Å². The van der Waals surface area contributed by atoms with Crippen molar-refractivity contribution >= 4 is 29.0 Å². The van der Waals surface area contributed by atoms with Crippen LogP contribution in [-0.2, 0) is 37.9 Å². The fourth-order valence-electron chi connectivity index (χ4n) is 8.10. The van der Waals surface area contributed by atoms with Gasteiger partial charge in [0.1, 0.15) is 34.5 Å². The fourth-order valence-corrected chi connectivity index (χ4v) is 11.9. The Hall–Kier alpha value is -4.99. The van der Waals surface area contributed by atoms with Crippen LogP contribution in [0.15, 0.2) is 131 Å². The summed E-state index contributed by atoms with van der Waals surface area (Å²) >= 11 is 1.49. The molecule has 69 heavy (non-hydrogen) atoms. The molecule has 0 spiro atoms. The van der Waals surface area contributed by atoms with Gasteiger partial charge in [-0.3, -0.25) is 0 Å². The van der Waals surface area contributed by atoms with Crippen LogP contribution in [0, 0.1) is 27.7 Å². The summed E-state index contributed by atoms with van der Waals surface area (Å²) in [6.45, 7) is 11.9. The highest BCUT2D eigenvalue weighted by Gasteiger charge is 2.33. The lowest BCUT2D eigenvalue weighted by Gasteiger charge is -2.25. The first-order valence-corrected chi connectivity index (χ1v) is 25.7. The van der Waals surface area contributed by atoms with Gasteiger partial charge in [0.2, 0.25) is 0 Å². The third-order valence-corrected chi connectivity index (χ3v) is 14.3. The molecule has 4 saturated heterocycles. The van der Waals surface area contributed by atoms with Gasteiger partial charge in [0.25, 0.3) is 0 Å². The summed E-state index contributed by atoms with van der Waals surface area (Å²) < 4.78 is 88.5. The van der Waals surface area contributed by atoms with Crippen molar-refractivity contribution < 1.29 is 65.0 Å². The first-order chi connectivity index (χ1) is 33.8. The smallest absolute Gasteiger partial charge is 0.408 e. The van der Waals surface area contributed by atoms with E-state index in [1.165, 1.54) is 11.8 Å². The lowest BCUT2D eigenvalue weighted by molar-refractivity contribution is -0.0456.